The van der Waals surface area contributed by atoms with Gasteiger partial charge in [0.05, 0.1) is 17.0 Å². The maximum atomic E-state index is 9.19. The first kappa shape index (κ1) is 14.9. The molecular weight excluding hydrogens is 270 g/mol. The average Bonchev–Trinajstić information content (AvgIpc) is 2.75. The fraction of sp³-hybridized carbons (Fsp3) is 0.500. The first-order valence-corrected chi connectivity index (χ1v) is 7.36. The van der Waals surface area contributed by atoms with Gasteiger partial charge < -0.3 is 4.57 Å². The Morgan fingerprint density at radius 2 is 2.10 bits per heavy atom. The molecule has 2 rings (SSSR count). The van der Waals surface area contributed by atoms with Crippen LogP contribution in [0.25, 0.3) is 11.0 Å². The van der Waals surface area contributed by atoms with Crippen LogP contribution in [0.5, 0.6) is 0 Å². The van der Waals surface area contributed by atoms with Crippen molar-refractivity contribution < 1.29 is 0 Å². The van der Waals surface area contributed by atoms with E-state index < -0.39 is 0 Å². The second kappa shape index (κ2) is 5.46. The molecule has 0 saturated heterocycles. The largest absolute Gasteiger partial charge is 0.327 e. The molecule has 0 bridgehead atoms. The highest BCUT2D eigenvalue weighted by Gasteiger charge is 2.23. The van der Waals surface area contributed by atoms with Gasteiger partial charge in [-0.15, -0.1) is 11.6 Å². The van der Waals surface area contributed by atoms with Crippen LogP contribution in [0.1, 0.15) is 39.1 Å². The van der Waals surface area contributed by atoms with Gasteiger partial charge in [0.2, 0.25) is 0 Å². The first-order chi connectivity index (χ1) is 9.38. The standard InChI is InChI=1S/C16H20ClN3/c1-11(16(2,3)4)10-20-13-7-5-6-12(9-18)15(13)19-14(20)8-17/h5-7,11H,8,10H2,1-4H3. The van der Waals surface area contributed by atoms with Crippen molar-refractivity contribution in [1.29, 1.82) is 5.26 Å². The smallest absolute Gasteiger partial charge is 0.124 e. The highest BCUT2D eigenvalue weighted by atomic mass is 35.5. The number of hydrogen-bond acceptors (Lipinski definition) is 2. The summed E-state index contributed by atoms with van der Waals surface area (Å²) in [4.78, 5) is 4.55. The van der Waals surface area contributed by atoms with Crippen molar-refractivity contribution in [2.24, 2.45) is 11.3 Å². The molecule has 3 nitrogen and oxygen atoms in total. The molecule has 1 atom stereocenters. The quantitative estimate of drug-likeness (QED) is 0.789. The lowest BCUT2D eigenvalue weighted by molar-refractivity contribution is 0.233. The number of benzene rings is 1. The fourth-order valence-electron chi connectivity index (χ4n) is 2.14. The fourth-order valence-corrected chi connectivity index (χ4v) is 2.34. The number of halogens is 1. The van der Waals surface area contributed by atoms with Crippen molar-refractivity contribution in [2.75, 3.05) is 0 Å². The molecule has 4 heteroatoms. The summed E-state index contributed by atoms with van der Waals surface area (Å²) in [6.07, 6.45) is 0. The van der Waals surface area contributed by atoms with E-state index in [1.807, 2.05) is 12.1 Å². The van der Waals surface area contributed by atoms with Gasteiger partial charge in [0, 0.05) is 6.54 Å². The third-order valence-corrected chi connectivity index (χ3v) is 4.27. The second-order valence-electron chi connectivity index (χ2n) is 6.32. The van der Waals surface area contributed by atoms with E-state index in [1.165, 1.54) is 0 Å². The summed E-state index contributed by atoms with van der Waals surface area (Å²) in [7, 11) is 0. The van der Waals surface area contributed by atoms with E-state index in [9.17, 15) is 5.26 Å². The highest BCUT2D eigenvalue weighted by molar-refractivity contribution is 6.16. The zero-order chi connectivity index (χ0) is 14.9. The third kappa shape index (κ3) is 2.66. The van der Waals surface area contributed by atoms with Crippen LogP contribution < -0.4 is 0 Å². The number of alkyl halides is 1. The summed E-state index contributed by atoms with van der Waals surface area (Å²) in [6, 6.07) is 7.91. The first-order valence-electron chi connectivity index (χ1n) is 6.82. The number of nitriles is 1. The number of hydrogen-bond donors (Lipinski definition) is 0. The SMILES string of the molecule is CC(Cn1c(CCl)nc2c(C#N)cccc21)C(C)(C)C. The van der Waals surface area contributed by atoms with Crippen molar-refractivity contribution in [1.82, 2.24) is 9.55 Å². The van der Waals surface area contributed by atoms with E-state index in [0.29, 0.717) is 17.4 Å². The third-order valence-electron chi connectivity index (χ3n) is 4.03. The number of fused-ring (bicyclic) bond motifs is 1. The van der Waals surface area contributed by atoms with Gasteiger partial charge in [-0.05, 0) is 23.5 Å². The Balaban J connectivity index is 2.55. The molecule has 20 heavy (non-hydrogen) atoms. The van der Waals surface area contributed by atoms with Crippen LogP contribution >= 0.6 is 11.6 Å². The topological polar surface area (TPSA) is 41.6 Å². The van der Waals surface area contributed by atoms with Crippen LogP contribution in [0.3, 0.4) is 0 Å². The van der Waals surface area contributed by atoms with Gasteiger partial charge in [-0.25, -0.2) is 4.98 Å². The summed E-state index contributed by atoms with van der Waals surface area (Å²) in [5, 5.41) is 9.19. The molecule has 1 heterocycles. The van der Waals surface area contributed by atoms with Crippen LogP contribution in [0.4, 0.5) is 0 Å². The van der Waals surface area contributed by atoms with Crippen molar-refractivity contribution in [3.05, 3.63) is 29.6 Å². The van der Waals surface area contributed by atoms with Crippen molar-refractivity contribution >= 4 is 22.6 Å². The van der Waals surface area contributed by atoms with Crippen LogP contribution in [0.15, 0.2) is 18.2 Å². The molecule has 106 valence electrons. The zero-order valence-corrected chi connectivity index (χ0v) is 13.2. The van der Waals surface area contributed by atoms with Crippen LogP contribution in [-0.4, -0.2) is 9.55 Å². The highest BCUT2D eigenvalue weighted by Crippen LogP contribution is 2.29. The summed E-state index contributed by atoms with van der Waals surface area (Å²) >= 11 is 6.03. The number of nitrogens with zero attached hydrogens (tertiary/aromatic N) is 3. The Bertz CT molecular complexity index is 659. The second-order valence-corrected chi connectivity index (χ2v) is 6.59. The van der Waals surface area contributed by atoms with E-state index in [-0.39, 0.29) is 5.41 Å². The summed E-state index contributed by atoms with van der Waals surface area (Å²) < 4.78 is 2.15. The molecule has 0 aliphatic carbocycles. The van der Waals surface area contributed by atoms with Crippen LogP contribution in [-0.2, 0) is 12.4 Å². The van der Waals surface area contributed by atoms with Crippen molar-refractivity contribution in [3.8, 4) is 6.07 Å². The van der Waals surface area contributed by atoms with Crippen LogP contribution in [0.2, 0.25) is 0 Å². The number of rotatable bonds is 3. The lowest BCUT2D eigenvalue weighted by Crippen LogP contribution is -2.23. The Hall–Kier alpha value is -1.53. The van der Waals surface area contributed by atoms with E-state index in [2.05, 4.69) is 43.3 Å². The van der Waals surface area contributed by atoms with Gasteiger partial charge in [-0.2, -0.15) is 5.26 Å². The Labute approximate surface area is 125 Å². The molecule has 0 radical (unpaired) electrons. The molecular formula is C16H20ClN3. The van der Waals surface area contributed by atoms with Crippen LogP contribution in [0, 0.1) is 22.7 Å². The molecule has 0 N–H and O–H groups in total. The van der Waals surface area contributed by atoms with E-state index in [1.54, 1.807) is 6.07 Å². The lowest BCUT2D eigenvalue weighted by atomic mass is 9.82. The molecule has 2 aromatic rings. The maximum absolute atomic E-state index is 9.19. The molecule has 1 aromatic heterocycles. The van der Waals surface area contributed by atoms with Gasteiger partial charge in [-0.3, -0.25) is 0 Å². The molecule has 0 amide bonds. The molecule has 1 aromatic carbocycles. The Kier molecular flexibility index (Phi) is 4.06. The normalized spacial score (nSPS) is 13.4. The lowest BCUT2D eigenvalue weighted by Gasteiger charge is -2.28. The Morgan fingerprint density at radius 1 is 1.40 bits per heavy atom. The van der Waals surface area contributed by atoms with E-state index in [0.717, 1.165) is 23.4 Å². The minimum atomic E-state index is 0.215. The molecule has 0 spiro atoms. The molecule has 0 saturated carbocycles. The number of para-hydroxylation sites is 1. The van der Waals surface area contributed by atoms with E-state index in [4.69, 9.17) is 11.6 Å². The zero-order valence-electron chi connectivity index (χ0n) is 12.4. The predicted molar refractivity (Wildman–Crippen MR) is 82.6 cm³/mol. The van der Waals surface area contributed by atoms with Crippen molar-refractivity contribution in [3.63, 3.8) is 0 Å². The molecule has 0 aliphatic heterocycles. The summed E-state index contributed by atoms with van der Waals surface area (Å²) in [6.45, 7) is 9.79. The van der Waals surface area contributed by atoms with Gasteiger partial charge in [0.15, 0.2) is 0 Å². The minimum absolute atomic E-state index is 0.215. The van der Waals surface area contributed by atoms with Gasteiger partial charge in [0.1, 0.15) is 17.4 Å². The molecule has 0 fully saturated rings. The average molecular weight is 290 g/mol. The van der Waals surface area contributed by atoms with Gasteiger partial charge in [-0.1, -0.05) is 33.8 Å². The molecule has 1 unspecified atom stereocenters. The number of aromatic nitrogens is 2. The summed E-state index contributed by atoms with van der Waals surface area (Å²) in [5.74, 6) is 1.67. The predicted octanol–water partition coefficient (Wildman–Crippen LogP) is 4.33. The van der Waals surface area contributed by atoms with E-state index >= 15 is 0 Å². The Morgan fingerprint density at radius 3 is 2.65 bits per heavy atom. The molecule has 0 aliphatic rings. The monoisotopic (exact) mass is 289 g/mol. The maximum Gasteiger partial charge on any atom is 0.124 e. The van der Waals surface area contributed by atoms with Crippen molar-refractivity contribution in [2.45, 2.75) is 40.1 Å². The summed E-state index contributed by atoms with van der Waals surface area (Å²) in [5.41, 5.74) is 2.58. The van der Waals surface area contributed by atoms with Gasteiger partial charge in [0.25, 0.3) is 0 Å². The number of imidazole rings is 1. The minimum Gasteiger partial charge on any atom is -0.327 e. The van der Waals surface area contributed by atoms with Gasteiger partial charge >= 0.3 is 0 Å².